The molecule has 0 saturated carbocycles. The zero-order valence-corrected chi connectivity index (χ0v) is 16.7. The van der Waals surface area contributed by atoms with Crippen molar-refractivity contribution < 1.29 is 14.4 Å². The first-order chi connectivity index (χ1) is 12.9. The predicted octanol–water partition coefficient (Wildman–Crippen LogP) is 2.58. The first-order valence-electron chi connectivity index (χ1n) is 9.18. The van der Waals surface area contributed by atoms with Crippen molar-refractivity contribution in [2.24, 2.45) is 5.92 Å². The zero-order chi connectivity index (χ0) is 19.6. The molecule has 2 saturated heterocycles. The second kappa shape index (κ2) is 8.48. The van der Waals surface area contributed by atoms with Crippen molar-refractivity contribution in [2.75, 3.05) is 26.7 Å². The van der Waals surface area contributed by atoms with Crippen LogP contribution >= 0.6 is 23.2 Å². The molecule has 0 aliphatic carbocycles. The van der Waals surface area contributed by atoms with Crippen molar-refractivity contribution in [3.05, 3.63) is 33.8 Å². The molecular weight excluding hydrogens is 389 g/mol. The molecule has 0 unspecified atom stereocenters. The van der Waals surface area contributed by atoms with Crippen LogP contribution in [0, 0.1) is 5.92 Å². The topological polar surface area (TPSA) is 69.7 Å². The molecule has 8 heteroatoms. The van der Waals surface area contributed by atoms with Gasteiger partial charge >= 0.3 is 0 Å². The molecule has 0 bridgehead atoms. The number of carbonyl (C=O) groups is 3. The van der Waals surface area contributed by atoms with Gasteiger partial charge in [-0.15, -0.1) is 0 Å². The number of halogens is 2. The normalized spacial score (nSPS) is 20.6. The molecule has 1 atom stereocenters. The molecule has 1 aromatic carbocycles. The Morgan fingerprint density at radius 1 is 1.00 bits per heavy atom. The van der Waals surface area contributed by atoms with Gasteiger partial charge in [-0.05, 0) is 43.9 Å². The van der Waals surface area contributed by atoms with Crippen LogP contribution in [0.1, 0.15) is 36.0 Å². The summed E-state index contributed by atoms with van der Waals surface area (Å²) in [6.07, 6.45) is 2.73. The van der Waals surface area contributed by atoms with Gasteiger partial charge in [-0.25, -0.2) is 0 Å². The van der Waals surface area contributed by atoms with Gasteiger partial charge in [-0.1, -0.05) is 23.2 Å². The van der Waals surface area contributed by atoms with Crippen LogP contribution in [0.15, 0.2) is 18.2 Å². The number of likely N-dealkylation sites (tertiary alicyclic amines) is 2. The molecule has 0 spiro atoms. The maximum atomic E-state index is 13.0. The summed E-state index contributed by atoms with van der Waals surface area (Å²) in [6.45, 7) is 1.62. The predicted molar refractivity (Wildman–Crippen MR) is 104 cm³/mol. The Balaban J connectivity index is 1.68. The van der Waals surface area contributed by atoms with Crippen molar-refractivity contribution in [3.8, 4) is 0 Å². The molecular formula is C19H23Cl2N3O3. The maximum absolute atomic E-state index is 13.0. The Labute approximate surface area is 168 Å². The minimum Gasteiger partial charge on any atom is -0.359 e. The fourth-order valence-corrected chi connectivity index (χ4v) is 4.41. The Kier molecular flexibility index (Phi) is 6.27. The summed E-state index contributed by atoms with van der Waals surface area (Å²) in [5, 5.41) is 3.45. The monoisotopic (exact) mass is 411 g/mol. The van der Waals surface area contributed by atoms with Crippen LogP contribution < -0.4 is 5.32 Å². The van der Waals surface area contributed by atoms with E-state index in [0.717, 1.165) is 6.42 Å². The van der Waals surface area contributed by atoms with E-state index in [-0.39, 0.29) is 23.6 Å². The van der Waals surface area contributed by atoms with Crippen LogP contribution in [0.2, 0.25) is 10.0 Å². The van der Waals surface area contributed by atoms with Crippen molar-refractivity contribution in [1.29, 1.82) is 0 Å². The quantitative estimate of drug-likeness (QED) is 0.830. The second-order valence-corrected chi connectivity index (χ2v) is 7.90. The van der Waals surface area contributed by atoms with Crippen LogP contribution in [0.3, 0.4) is 0 Å². The number of rotatable bonds is 3. The molecule has 1 aromatic rings. The van der Waals surface area contributed by atoms with Gasteiger partial charge < -0.3 is 15.1 Å². The van der Waals surface area contributed by atoms with E-state index in [1.165, 1.54) is 0 Å². The highest BCUT2D eigenvalue weighted by Crippen LogP contribution is 2.27. The van der Waals surface area contributed by atoms with Gasteiger partial charge in [-0.2, -0.15) is 0 Å². The van der Waals surface area contributed by atoms with Crippen molar-refractivity contribution >= 4 is 40.9 Å². The summed E-state index contributed by atoms with van der Waals surface area (Å²) in [5.41, 5.74) is 0.394. The SMILES string of the molecule is CNC(=O)C1CCN(C(=O)[C@@H]2CCCN2C(=O)c2cc(Cl)cc(Cl)c2)CC1. The van der Waals surface area contributed by atoms with Crippen LogP contribution in [-0.2, 0) is 9.59 Å². The smallest absolute Gasteiger partial charge is 0.254 e. The molecule has 1 N–H and O–H groups in total. The molecule has 2 aliphatic rings. The number of piperidine rings is 1. The summed E-state index contributed by atoms with van der Waals surface area (Å²) in [5.74, 6) is -0.286. The second-order valence-electron chi connectivity index (χ2n) is 7.03. The van der Waals surface area contributed by atoms with Crippen LogP contribution in [-0.4, -0.2) is 60.2 Å². The van der Waals surface area contributed by atoms with E-state index in [4.69, 9.17) is 23.2 Å². The van der Waals surface area contributed by atoms with Crippen molar-refractivity contribution in [2.45, 2.75) is 31.7 Å². The van der Waals surface area contributed by atoms with Gasteiger partial charge in [0.2, 0.25) is 11.8 Å². The molecule has 0 aromatic heterocycles. The fraction of sp³-hybridized carbons (Fsp3) is 0.526. The summed E-state index contributed by atoms with van der Waals surface area (Å²) in [4.78, 5) is 41.1. The Bertz CT molecular complexity index is 727. The van der Waals surface area contributed by atoms with Gasteiger partial charge in [0.15, 0.2) is 0 Å². The third-order valence-electron chi connectivity index (χ3n) is 5.33. The lowest BCUT2D eigenvalue weighted by Gasteiger charge is -2.35. The fourth-order valence-electron chi connectivity index (χ4n) is 3.89. The molecule has 3 amide bonds. The molecule has 146 valence electrons. The molecule has 0 radical (unpaired) electrons. The Morgan fingerprint density at radius 2 is 1.63 bits per heavy atom. The maximum Gasteiger partial charge on any atom is 0.254 e. The summed E-state index contributed by atoms with van der Waals surface area (Å²) in [6, 6.07) is 4.25. The number of amides is 3. The number of carbonyl (C=O) groups excluding carboxylic acids is 3. The molecule has 2 aliphatic heterocycles. The molecule has 2 heterocycles. The van der Waals surface area contributed by atoms with Crippen molar-refractivity contribution in [3.63, 3.8) is 0 Å². The summed E-state index contributed by atoms with van der Waals surface area (Å²) in [7, 11) is 1.63. The molecule has 6 nitrogen and oxygen atoms in total. The number of benzene rings is 1. The van der Waals surface area contributed by atoms with Gasteiger partial charge in [0, 0.05) is 48.2 Å². The first kappa shape index (κ1) is 20.0. The van der Waals surface area contributed by atoms with E-state index in [2.05, 4.69) is 5.32 Å². The number of nitrogens with zero attached hydrogens (tertiary/aromatic N) is 2. The number of hydrogen-bond donors (Lipinski definition) is 1. The Hall–Kier alpha value is -1.79. The summed E-state index contributed by atoms with van der Waals surface area (Å²) < 4.78 is 0. The van der Waals surface area contributed by atoms with E-state index in [1.807, 2.05) is 0 Å². The average Bonchev–Trinajstić information content (AvgIpc) is 3.15. The number of hydrogen-bond acceptors (Lipinski definition) is 3. The van der Waals surface area contributed by atoms with Gasteiger partial charge in [-0.3, -0.25) is 14.4 Å². The minimum atomic E-state index is -0.466. The van der Waals surface area contributed by atoms with Crippen molar-refractivity contribution in [1.82, 2.24) is 15.1 Å². The molecule has 3 rings (SSSR count). The highest BCUT2D eigenvalue weighted by atomic mass is 35.5. The summed E-state index contributed by atoms with van der Waals surface area (Å²) >= 11 is 12.0. The van der Waals surface area contributed by atoms with Gasteiger partial charge in [0.05, 0.1) is 0 Å². The standard InChI is InChI=1S/C19H23Cl2N3O3/c1-22-17(25)12-4-7-23(8-5-12)19(27)16-3-2-6-24(16)18(26)13-9-14(20)11-15(21)10-13/h9-12,16H,2-8H2,1H3,(H,22,25)/t16-/m0/s1. The lowest BCUT2D eigenvalue weighted by atomic mass is 9.95. The molecule has 2 fully saturated rings. The highest BCUT2D eigenvalue weighted by molar-refractivity contribution is 6.35. The third kappa shape index (κ3) is 4.38. The van der Waals surface area contributed by atoms with Crippen LogP contribution in [0.25, 0.3) is 0 Å². The van der Waals surface area contributed by atoms with E-state index >= 15 is 0 Å². The lowest BCUT2D eigenvalue weighted by Crippen LogP contribution is -2.51. The third-order valence-corrected chi connectivity index (χ3v) is 5.77. The van der Waals surface area contributed by atoms with E-state index in [9.17, 15) is 14.4 Å². The zero-order valence-electron chi connectivity index (χ0n) is 15.2. The number of nitrogens with one attached hydrogen (secondary N) is 1. The highest BCUT2D eigenvalue weighted by Gasteiger charge is 2.38. The largest absolute Gasteiger partial charge is 0.359 e. The first-order valence-corrected chi connectivity index (χ1v) is 9.93. The Morgan fingerprint density at radius 3 is 2.22 bits per heavy atom. The van der Waals surface area contributed by atoms with Crippen LogP contribution in [0.5, 0.6) is 0 Å². The van der Waals surface area contributed by atoms with Gasteiger partial charge in [0.25, 0.3) is 5.91 Å². The van der Waals surface area contributed by atoms with E-state index in [0.29, 0.717) is 54.5 Å². The van der Waals surface area contributed by atoms with E-state index < -0.39 is 6.04 Å². The minimum absolute atomic E-state index is 0.0256. The molecule has 27 heavy (non-hydrogen) atoms. The lowest BCUT2D eigenvalue weighted by molar-refractivity contribution is -0.138. The average molecular weight is 412 g/mol. The van der Waals surface area contributed by atoms with Crippen LogP contribution in [0.4, 0.5) is 0 Å². The van der Waals surface area contributed by atoms with E-state index in [1.54, 1.807) is 35.0 Å². The van der Waals surface area contributed by atoms with Gasteiger partial charge in [0.1, 0.15) is 6.04 Å².